The molecule has 0 spiro atoms. The Balaban J connectivity index is 1.41. The second-order valence-electron chi connectivity index (χ2n) is 6.91. The van der Waals surface area contributed by atoms with Crippen molar-refractivity contribution in [1.29, 1.82) is 0 Å². The van der Waals surface area contributed by atoms with Crippen LogP contribution in [0.5, 0.6) is 0 Å². The lowest BCUT2D eigenvalue weighted by Gasteiger charge is -2.21. The smallest absolute Gasteiger partial charge is 0.318 e. The summed E-state index contributed by atoms with van der Waals surface area (Å²) in [6.45, 7) is 4.75. The SMILES string of the molecule is CC(C)c1nc(CNC(=O)N2CCC[C@H]2c2nc(-c3ccncc3)no2)no1. The number of hydrogen-bond acceptors (Lipinski definition) is 8. The highest BCUT2D eigenvalue weighted by Crippen LogP contribution is 2.31. The molecule has 3 aromatic rings. The summed E-state index contributed by atoms with van der Waals surface area (Å²) in [6, 6.07) is 3.15. The lowest BCUT2D eigenvalue weighted by atomic mass is 10.2. The van der Waals surface area contributed by atoms with Crippen LogP contribution in [0.4, 0.5) is 4.79 Å². The van der Waals surface area contributed by atoms with Crippen molar-refractivity contribution in [2.24, 2.45) is 0 Å². The first-order valence-electron chi connectivity index (χ1n) is 9.23. The molecule has 28 heavy (non-hydrogen) atoms. The molecule has 1 aliphatic heterocycles. The topological polar surface area (TPSA) is 123 Å². The summed E-state index contributed by atoms with van der Waals surface area (Å²) < 4.78 is 10.6. The van der Waals surface area contributed by atoms with Gasteiger partial charge >= 0.3 is 6.03 Å². The highest BCUT2D eigenvalue weighted by molar-refractivity contribution is 5.74. The van der Waals surface area contributed by atoms with Crippen LogP contribution < -0.4 is 5.32 Å². The third-order valence-electron chi connectivity index (χ3n) is 4.55. The van der Waals surface area contributed by atoms with Gasteiger partial charge in [0.2, 0.25) is 17.6 Å². The molecular weight excluding hydrogens is 362 g/mol. The zero-order valence-electron chi connectivity index (χ0n) is 15.7. The highest BCUT2D eigenvalue weighted by Gasteiger charge is 2.34. The zero-order valence-corrected chi connectivity index (χ0v) is 15.7. The van der Waals surface area contributed by atoms with Gasteiger partial charge in [-0.3, -0.25) is 4.98 Å². The molecule has 10 heteroatoms. The molecule has 0 aromatic carbocycles. The molecule has 0 unspecified atom stereocenters. The van der Waals surface area contributed by atoms with Gasteiger partial charge in [-0.15, -0.1) is 0 Å². The van der Waals surface area contributed by atoms with Crippen molar-refractivity contribution < 1.29 is 13.8 Å². The molecule has 3 aromatic heterocycles. The van der Waals surface area contributed by atoms with Crippen LogP contribution in [-0.4, -0.2) is 42.7 Å². The second-order valence-corrected chi connectivity index (χ2v) is 6.91. The molecule has 1 atom stereocenters. The Bertz CT molecular complexity index is 938. The number of nitrogens with one attached hydrogen (secondary N) is 1. The number of amides is 2. The maximum Gasteiger partial charge on any atom is 0.318 e. The Morgan fingerprint density at radius 1 is 1.25 bits per heavy atom. The predicted octanol–water partition coefficient (Wildman–Crippen LogP) is 2.68. The van der Waals surface area contributed by atoms with E-state index in [4.69, 9.17) is 9.05 Å². The molecule has 10 nitrogen and oxygen atoms in total. The maximum atomic E-state index is 12.7. The summed E-state index contributed by atoms with van der Waals surface area (Å²) in [6.07, 6.45) is 4.97. The fourth-order valence-electron chi connectivity index (χ4n) is 3.09. The van der Waals surface area contributed by atoms with E-state index in [0.717, 1.165) is 18.4 Å². The molecule has 0 bridgehead atoms. The Labute approximate surface area is 161 Å². The summed E-state index contributed by atoms with van der Waals surface area (Å²) in [4.78, 5) is 27.1. The number of likely N-dealkylation sites (tertiary alicyclic amines) is 1. The number of carbonyl (C=O) groups excluding carboxylic acids is 1. The molecule has 0 saturated carbocycles. The second kappa shape index (κ2) is 7.75. The summed E-state index contributed by atoms with van der Waals surface area (Å²) in [5, 5.41) is 10.8. The Kier molecular flexibility index (Phi) is 5.00. The van der Waals surface area contributed by atoms with Gasteiger partial charge in [-0.1, -0.05) is 24.2 Å². The molecule has 146 valence electrons. The van der Waals surface area contributed by atoms with Crippen LogP contribution in [0.15, 0.2) is 33.6 Å². The summed E-state index contributed by atoms with van der Waals surface area (Å²) >= 11 is 0. The number of nitrogens with zero attached hydrogens (tertiary/aromatic N) is 6. The van der Waals surface area contributed by atoms with Gasteiger partial charge in [-0.2, -0.15) is 9.97 Å². The Hall–Kier alpha value is -3.30. The van der Waals surface area contributed by atoms with Crippen LogP contribution >= 0.6 is 0 Å². The fourth-order valence-corrected chi connectivity index (χ4v) is 3.09. The minimum absolute atomic E-state index is 0.145. The van der Waals surface area contributed by atoms with E-state index >= 15 is 0 Å². The minimum Gasteiger partial charge on any atom is -0.339 e. The van der Waals surface area contributed by atoms with E-state index in [1.807, 2.05) is 26.0 Å². The van der Waals surface area contributed by atoms with Gasteiger partial charge in [0.05, 0.1) is 6.54 Å². The molecule has 1 aliphatic rings. The third kappa shape index (κ3) is 3.71. The molecule has 2 amide bonds. The molecule has 4 rings (SSSR count). The van der Waals surface area contributed by atoms with Crippen LogP contribution in [0.3, 0.4) is 0 Å². The molecular formula is C18H21N7O3. The molecule has 0 aliphatic carbocycles. The van der Waals surface area contributed by atoms with Crippen molar-refractivity contribution in [3.63, 3.8) is 0 Å². The van der Waals surface area contributed by atoms with E-state index in [1.165, 1.54) is 0 Å². The minimum atomic E-state index is -0.250. The average molecular weight is 383 g/mol. The van der Waals surface area contributed by atoms with Crippen molar-refractivity contribution in [3.05, 3.63) is 42.1 Å². The molecule has 1 saturated heterocycles. The van der Waals surface area contributed by atoms with E-state index in [0.29, 0.717) is 30.0 Å². The van der Waals surface area contributed by atoms with Crippen LogP contribution in [0.1, 0.15) is 56.3 Å². The molecule has 0 radical (unpaired) electrons. The predicted molar refractivity (Wildman–Crippen MR) is 96.8 cm³/mol. The number of aromatic nitrogens is 5. The number of urea groups is 1. The Morgan fingerprint density at radius 2 is 2.07 bits per heavy atom. The van der Waals surface area contributed by atoms with E-state index in [9.17, 15) is 4.79 Å². The van der Waals surface area contributed by atoms with Crippen molar-refractivity contribution in [1.82, 2.24) is 35.5 Å². The van der Waals surface area contributed by atoms with Crippen molar-refractivity contribution in [3.8, 4) is 11.4 Å². The first-order valence-corrected chi connectivity index (χ1v) is 9.23. The van der Waals surface area contributed by atoms with Gasteiger partial charge in [-0.05, 0) is 25.0 Å². The van der Waals surface area contributed by atoms with Crippen LogP contribution in [0, 0.1) is 0 Å². The first kappa shape index (κ1) is 18.1. The quantitative estimate of drug-likeness (QED) is 0.713. The summed E-state index contributed by atoms with van der Waals surface area (Å²) in [7, 11) is 0. The lowest BCUT2D eigenvalue weighted by Crippen LogP contribution is -2.39. The lowest BCUT2D eigenvalue weighted by molar-refractivity contribution is 0.179. The summed E-state index contributed by atoms with van der Waals surface area (Å²) in [5.74, 6) is 2.06. The number of pyridine rings is 1. The van der Waals surface area contributed by atoms with E-state index < -0.39 is 0 Å². The highest BCUT2D eigenvalue weighted by atomic mass is 16.5. The first-order chi connectivity index (χ1) is 13.6. The molecule has 1 N–H and O–H groups in total. The fraction of sp³-hybridized carbons (Fsp3) is 0.444. The normalized spacial score (nSPS) is 16.7. The van der Waals surface area contributed by atoms with Gasteiger partial charge in [0.1, 0.15) is 6.04 Å². The van der Waals surface area contributed by atoms with Gasteiger partial charge in [0.15, 0.2) is 5.82 Å². The standard InChI is InChI=1S/C18H21N7O3/c1-11(2)16-21-14(23-27-16)10-20-18(26)25-9-3-4-13(25)17-22-15(24-28-17)12-5-7-19-8-6-12/h5-8,11,13H,3-4,9-10H2,1-2H3,(H,20,26)/t13-/m0/s1. The van der Waals surface area contributed by atoms with Gasteiger partial charge in [-0.25, -0.2) is 4.79 Å². The van der Waals surface area contributed by atoms with E-state index in [-0.39, 0.29) is 24.5 Å². The van der Waals surface area contributed by atoms with E-state index in [1.54, 1.807) is 17.3 Å². The van der Waals surface area contributed by atoms with Crippen LogP contribution in [0.2, 0.25) is 0 Å². The molecule has 4 heterocycles. The number of hydrogen-bond donors (Lipinski definition) is 1. The van der Waals surface area contributed by atoms with Gasteiger partial charge in [0, 0.05) is 30.4 Å². The average Bonchev–Trinajstić information content (AvgIpc) is 3.46. The maximum absolute atomic E-state index is 12.7. The van der Waals surface area contributed by atoms with Crippen LogP contribution in [0.25, 0.3) is 11.4 Å². The Morgan fingerprint density at radius 3 is 2.82 bits per heavy atom. The third-order valence-corrected chi connectivity index (χ3v) is 4.55. The molecule has 1 fully saturated rings. The van der Waals surface area contributed by atoms with Gasteiger partial charge in [0.25, 0.3) is 0 Å². The van der Waals surface area contributed by atoms with Gasteiger partial charge < -0.3 is 19.3 Å². The number of rotatable bonds is 5. The van der Waals surface area contributed by atoms with Crippen molar-refractivity contribution in [2.75, 3.05) is 6.54 Å². The largest absolute Gasteiger partial charge is 0.339 e. The summed E-state index contributed by atoms with van der Waals surface area (Å²) in [5.41, 5.74) is 0.817. The monoisotopic (exact) mass is 383 g/mol. The van der Waals surface area contributed by atoms with Crippen molar-refractivity contribution in [2.45, 2.75) is 45.2 Å². The van der Waals surface area contributed by atoms with Crippen LogP contribution in [-0.2, 0) is 6.54 Å². The van der Waals surface area contributed by atoms with Crippen molar-refractivity contribution >= 4 is 6.03 Å². The van der Waals surface area contributed by atoms with E-state index in [2.05, 4.69) is 30.6 Å². The zero-order chi connectivity index (χ0) is 19.5. The number of carbonyl (C=O) groups is 1.